The predicted octanol–water partition coefficient (Wildman–Crippen LogP) is 3.20. The van der Waals surface area contributed by atoms with Crippen LogP contribution in [0.1, 0.15) is 16.2 Å². The lowest BCUT2D eigenvalue weighted by molar-refractivity contribution is 0.0737. The highest BCUT2D eigenvalue weighted by atomic mass is 35.5. The molecule has 0 unspecified atom stereocenters. The number of hydrogen-bond donors (Lipinski definition) is 0. The Kier molecular flexibility index (Phi) is 5.77. The normalized spacial score (nSPS) is 14.7. The molecule has 0 aliphatic carbocycles. The van der Waals surface area contributed by atoms with Gasteiger partial charge in [-0.1, -0.05) is 11.6 Å². The first kappa shape index (κ1) is 21.4. The minimum Gasteiger partial charge on any atom is -0.368 e. The molecule has 0 saturated carbocycles. The Bertz CT molecular complexity index is 1200. The quantitative estimate of drug-likeness (QED) is 0.600. The third-order valence-electron chi connectivity index (χ3n) is 5.32. The van der Waals surface area contributed by atoms with Crippen molar-refractivity contribution in [3.05, 3.63) is 71.0 Å². The number of carbonyl (C=O) groups is 1. The van der Waals surface area contributed by atoms with Crippen LogP contribution in [0, 0.1) is 6.92 Å². The Balaban J connectivity index is 1.52. The van der Waals surface area contributed by atoms with Crippen LogP contribution in [0.4, 0.5) is 5.69 Å². The summed E-state index contributed by atoms with van der Waals surface area (Å²) >= 11 is 5.97. The van der Waals surface area contributed by atoms with Crippen LogP contribution in [0.2, 0.25) is 5.02 Å². The fraction of sp³-hybridized carbons (Fsp3) is 0.273. The number of hydrogen-bond acceptors (Lipinski definition) is 5. The molecule has 7 nitrogen and oxygen atoms in total. The van der Waals surface area contributed by atoms with E-state index in [1.54, 1.807) is 22.9 Å². The Morgan fingerprint density at radius 1 is 0.935 bits per heavy atom. The Hall–Kier alpha value is -2.84. The van der Waals surface area contributed by atoms with Crippen molar-refractivity contribution in [1.29, 1.82) is 0 Å². The van der Waals surface area contributed by atoms with Crippen molar-refractivity contribution in [1.82, 2.24) is 14.7 Å². The summed E-state index contributed by atoms with van der Waals surface area (Å²) in [5, 5.41) is 5.16. The smallest absolute Gasteiger partial charge is 0.272 e. The number of rotatable bonds is 4. The van der Waals surface area contributed by atoms with Gasteiger partial charge in [-0.3, -0.25) is 4.79 Å². The highest BCUT2D eigenvalue weighted by Gasteiger charge is 2.26. The van der Waals surface area contributed by atoms with Gasteiger partial charge in [0.2, 0.25) is 0 Å². The second kappa shape index (κ2) is 8.36. The largest absolute Gasteiger partial charge is 0.368 e. The summed E-state index contributed by atoms with van der Waals surface area (Å²) in [6.07, 6.45) is 1.17. The topological polar surface area (TPSA) is 75.5 Å². The zero-order valence-electron chi connectivity index (χ0n) is 17.3. The Morgan fingerprint density at radius 2 is 1.52 bits per heavy atom. The molecule has 31 heavy (non-hydrogen) atoms. The summed E-state index contributed by atoms with van der Waals surface area (Å²) in [6, 6.07) is 15.8. The van der Waals surface area contributed by atoms with E-state index in [4.69, 9.17) is 11.6 Å². The van der Waals surface area contributed by atoms with Gasteiger partial charge in [0.05, 0.1) is 16.3 Å². The van der Waals surface area contributed by atoms with Crippen LogP contribution in [0.3, 0.4) is 0 Å². The standard InChI is InChI=1S/C22H23ClN4O3S/c1-16-15-21(27(24-16)19-7-9-20(10-8-19)31(2,29)30)22(28)26-13-11-25(12-14-26)18-5-3-17(23)4-6-18/h3-10,15H,11-14H2,1-2H3. The van der Waals surface area contributed by atoms with Gasteiger partial charge in [0.25, 0.3) is 5.91 Å². The molecule has 0 atom stereocenters. The zero-order chi connectivity index (χ0) is 22.2. The van der Waals surface area contributed by atoms with E-state index < -0.39 is 9.84 Å². The number of nitrogens with zero attached hydrogens (tertiary/aromatic N) is 4. The first-order chi connectivity index (χ1) is 14.7. The minimum atomic E-state index is -3.29. The molecule has 1 fully saturated rings. The molecule has 0 spiro atoms. The van der Waals surface area contributed by atoms with Gasteiger partial charge in [-0.05, 0) is 61.5 Å². The van der Waals surface area contributed by atoms with Gasteiger partial charge < -0.3 is 9.80 Å². The number of amides is 1. The zero-order valence-corrected chi connectivity index (χ0v) is 18.9. The molecule has 2 aromatic carbocycles. The maximum atomic E-state index is 13.3. The molecule has 1 aliphatic rings. The molecule has 3 aromatic rings. The molecule has 1 amide bonds. The van der Waals surface area contributed by atoms with E-state index in [1.807, 2.05) is 36.1 Å². The molecule has 9 heteroatoms. The molecule has 1 aromatic heterocycles. The van der Waals surface area contributed by atoms with Gasteiger partial charge >= 0.3 is 0 Å². The fourth-order valence-electron chi connectivity index (χ4n) is 3.66. The van der Waals surface area contributed by atoms with Gasteiger partial charge in [0.15, 0.2) is 9.84 Å². The third kappa shape index (κ3) is 4.60. The second-order valence-electron chi connectivity index (χ2n) is 7.60. The summed E-state index contributed by atoms with van der Waals surface area (Å²) in [6.45, 7) is 4.47. The molecule has 0 radical (unpaired) electrons. The van der Waals surface area contributed by atoms with Crippen LogP contribution in [0.15, 0.2) is 59.5 Å². The fourth-order valence-corrected chi connectivity index (χ4v) is 4.42. The van der Waals surface area contributed by atoms with Gasteiger partial charge in [-0.25, -0.2) is 13.1 Å². The van der Waals surface area contributed by atoms with Crippen LogP contribution in [0.5, 0.6) is 0 Å². The summed E-state index contributed by atoms with van der Waals surface area (Å²) in [4.78, 5) is 17.5. The SMILES string of the molecule is Cc1cc(C(=O)N2CCN(c3ccc(Cl)cc3)CC2)n(-c2ccc(S(C)(=O)=O)cc2)n1. The monoisotopic (exact) mass is 458 g/mol. The number of aryl methyl sites for hydroxylation is 1. The van der Waals surface area contributed by atoms with E-state index in [9.17, 15) is 13.2 Å². The van der Waals surface area contributed by atoms with E-state index >= 15 is 0 Å². The number of sulfone groups is 1. The van der Waals surface area contributed by atoms with E-state index in [-0.39, 0.29) is 10.8 Å². The number of anilines is 1. The summed E-state index contributed by atoms with van der Waals surface area (Å²) in [5.74, 6) is -0.0939. The van der Waals surface area contributed by atoms with Gasteiger partial charge in [0.1, 0.15) is 5.69 Å². The summed E-state index contributed by atoms with van der Waals surface area (Å²) in [7, 11) is -3.29. The van der Waals surface area contributed by atoms with Crippen molar-refractivity contribution in [2.24, 2.45) is 0 Å². The lowest BCUT2D eigenvalue weighted by Gasteiger charge is -2.36. The van der Waals surface area contributed by atoms with E-state index in [0.717, 1.165) is 24.5 Å². The van der Waals surface area contributed by atoms with Crippen molar-refractivity contribution < 1.29 is 13.2 Å². The minimum absolute atomic E-state index is 0.0939. The first-order valence-corrected chi connectivity index (χ1v) is 12.2. The van der Waals surface area contributed by atoms with Crippen LogP contribution in [-0.4, -0.2) is 61.4 Å². The molecule has 162 valence electrons. The van der Waals surface area contributed by atoms with Gasteiger partial charge in [-0.15, -0.1) is 0 Å². The third-order valence-corrected chi connectivity index (χ3v) is 6.70. The highest BCUT2D eigenvalue weighted by Crippen LogP contribution is 2.21. The lowest BCUT2D eigenvalue weighted by atomic mass is 10.2. The molecular formula is C22H23ClN4O3S. The van der Waals surface area contributed by atoms with Crippen molar-refractivity contribution in [2.75, 3.05) is 37.3 Å². The molecule has 1 aliphatic heterocycles. The number of piperazine rings is 1. The summed E-state index contributed by atoms with van der Waals surface area (Å²) < 4.78 is 25.0. The number of halogens is 1. The van der Waals surface area contributed by atoms with Crippen molar-refractivity contribution in [3.8, 4) is 5.69 Å². The summed E-state index contributed by atoms with van der Waals surface area (Å²) in [5.41, 5.74) is 2.91. The number of carbonyl (C=O) groups excluding carboxylic acids is 1. The molecule has 0 bridgehead atoms. The average molecular weight is 459 g/mol. The molecule has 4 rings (SSSR count). The second-order valence-corrected chi connectivity index (χ2v) is 10.1. The molecular weight excluding hydrogens is 436 g/mol. The van der Waals surface area contributed by atoms with Crippen LogP contribution in [0.25, 0.3) is 5.69 Å². The highest BCUT2D eigenvalue weighted by molar-refractivity contribution is 7.90. The Labute approximate surface area is 186 Å². The maximum Gasteiger partial charge on any atom is 0.272 e. The number of aromatic nitrogens is 2. The average Bonchev–Trinajstić information content (AvgIpc) is 3.15. The van der Waals surface area contributed by atoms with Crippen LogP contribution >= 0.6 is 11.6 Å². The van der Waals surface area contributed by atoms with Crippen molar-refractivity contribution in [3.63, 3.8) is 0 Å². The first-order valence-electron chi connectivity index (χ1n) is 9.89. The number of benzene rings is 2. The van der Waals surface area contributed by atoms with E-state index in [0.29, 0.717) is 29.5 Å². The van der Waals surface area contributed by atoms with Crippen molar-refractivity contribution >= 4 is 33.0 Å². The van der Waals surface area contributed by atoms with Crippen molar-refractivity contribution in [2.45, 2.75) is 11.8 Å². The maximum absolute atomic E-state index is 13.3. The molecule has 2 heterocycles. The lowest BCUT2D eigenvalue weighted by Crippen LogP contribution is -2.49. The van der Waals surface area contributed by atoms with E-state index in [2.05, 4.69) is 10.00 Å². The van der Waals surface area contributed by atoms with Crippen LogP contribution < -0.4 is 4.90 Å². The Morgan fingerprint density at radius 3 is 2.10 bits per heavy atom. The van der Waals surface area contributed by atoms with Gasteiger partial charge in [-0.2, -0.15) is 5.10 Å². The molecule has 0 N–H and O–H groups in total. The predicted molar refractivity (Wildman–Crippen MR) is 121 cm³/mol. The molecule has 1 saturated heterocycles. The van der Waals surface area contributed by atoms with E-state index in [1.165, 1.54) is 18.4 Å². The van der Waals surface area contributed by atoms with Gasteiger partial charge in [0, 0.05) is 43.1 Å². The van der Waals surface area contributed by atoms with Crippen LogP contribution in [-0.2, 0) is 9.84 Å².